The van der Waals surface area contributed by atoms with E-state index in [9.17, 15) is 4.79 Å². The number of carbonyl (C=O) groups excluding carboxylic acids is 1. The lowest BCUT2D eigenvalue weighted by Gasteiger charge is -2.26. The third-order valence-corrected chi connectivity index (χ3v) is 6.21. The summed E-state index contributed by atoms with van der Waals surface area (Å²) in [6, 6.07) is 9.75. The largest absolute Gasteiger partial charge is 0.294 e. The molecule has 3 heterocycles. The van der Waals surface area contributed by atoms with Gasteiger partial charge in [-0.25, -0.2) is 4.68 Å². The number of ketones is 1. The van der Waals surface area contributed by atoms with Crippen LogP contribution in [0.4, 0.5) is 0 Å². The van der Waals surface area contributed by atoms with E-state index in [2.05, 4.69) is 16.9 Å². The average molecular weight is 298 g/mol. The molecule has 0 aliphatic carbocycles. The van der Waals surface area contributed by atoms with E-state index < -0.39 is 0 Å². The Balaban J connectivity index is 1.52. The summed E-state index contributed by atoms with van der Waals surface area (Å²) in [7, 11) is 0. The van der Waals surface area contributed by atoms with Crippen molar-refractivity contribution >= 4 is 17.5 Å². The van der Waals surface area contributed by atoms with E-state index in [4.69, 9.17) is 0 Å². The Labute approximate surface area is 128 Å². The normalized spacial score (nSPS) is 27.7. The van der Waals surface area contributed by atoms with Gasteiger partial charge in [0.25, 0.3) is 0 Å². The van der Waals surface area contributed by atoms with Crippen LogP contribution in [0.25, 0.3) is 5.69 Å². The minimum absolute atomic E-state index is 0.235. The van der Waals surface area contributed by atoms with Crippen LogP contribution >= 0.6 is 11.8 Å². The summed E-state index contributed by atoms with van der Waals surface area (Å²) < 4.78 is 1.81. The first-order valence-corrected chi connectivity index (χ1v) is 8.53. The molecule has 2 aliphatic heterocycles. The van der Waals surface area contributed by atoms with Crippen molar-refractivity contribution < 1.29 is 4.79 Å². The molecule has 4 heteroatoms. The fraction of sp³-hybridized carbons (Fsp3) is 0.412. The Morgan fingerprint density at radius 2 is 1.86 bits per heavy atom. The molecule has 1 aromatic carbocycles. The Bertz CT molecular complexity index is 623. The van der Waals surface area contributed by atoms with Crippen molar-refractivity contribution in [2.45, 2.75) is 36.2 Å². The highest BCUT2D eigenvalue weighted by Crippen LogP contribution is 2.46. The highest BCUT2D eigenvalue weighted by atomic mass is 32.2. The Hall–Kier alpha value is -1.55. The molecule has 4 rings (SSSR count). The van der Waals surface area contributed by atoms with Gasteiger partial charge in [-0.05, 0) is 56.0 Å². The van der Waals surface area contributed by atoms with Crippen LogP contribution in [-0.4, -0.2) is 26.1 Å². The van der Waals surface area contributed by atoms with Gasteiger partial charge in [0.2, 0.25) is 0 Å². The van der Waals surface area contributed by atoms with Crippen molar-refractivity contribution in [2.24, 2.45) is 5.92 Å². The number of hydrogen-bond donors (Lipinski definition) is 0. The van der Waals surface area contributed by atoms with Crippen LogP contribution in [0.5, 0.6) is 0 Å². The first kappa shape index (κ1) is 13.1. The van der Waals surface area contributed by atoms with E-state index in [0.29, 0.717) is 5.78 Å². The van der Waals surface area contributed by atoms with Crippen molar-refractivity contribution in [1.29, 1.82) is 0 Å². The lowest BCUT2D eigenvalue weighted by Crippen LogP contribution is -2.24. The number of aromatic nitrogens is 2. The number of Topliss-reactive ketones (excluding diaryl/α,β-unsaturated/α-hetero) is 1. The summed E-state index contributed by atoms with van der Waals surface area (Å²) in [4.78, 5) is 12.7. The van der Waals surface area contributed by atoms with Crippen LogP contribution < -0.4 is 0 Å². The fourth-order valence-corrected chi connectivity index (χ4v) is 5.28. The number of rotatable bonds is 3. The maximum absolute atomic E-state index is 12.7. The first-order chi connectivity index (χ1) is 10.3. The maximum Gasteiger partial charge on any atom is 0.166 e. The summed E-state index contributed by atoms with van der Waals surface area (Å²) in [6.07, 6.45) is 8.41. The molecule has 2 aliphatic rings. The van der Waals surface area contributed by atoms with Gasteiger partial charge in [0.15, 0.2) is 5.78 Å². The molecule has 108 valence electrons. The van der Waals surface area contributed by atoms with Gasteiger partial charge in [-0.3, -0.25) is 4.79 Å². The van der Waals surface area contributed by atoms with E-state index in [0.717, 1.165) is 34.6 Å². The number of carbonyl (C=O) groups is 1. The van der Waals surface area contributed by atoms with E-state index in [1.165, 1.54) is 12.8 Å². The minimum atomic E-state index is 0.235. The van der Waals surface area contributed by atoms with Gasteiger partial charge in [-0.15, -0.1) is 0 Å². The van der Waals surface area contributed by atoms with Gasteiger partial charge in [-0.1, -0.05) is 0 Å². The van der Waals surface area contributed by atoms with E-state index in [-0.39, 0.29) is 5.92 Å². The lowest BCUT2D eigenvalue weighted by atomic mass is 9.90. The summed E-state index contributed by atoms with van der Waals surface area (Å²) in [5.74, 6) is 0.568. The van der Waals surface area contributed by atoms with Crippen molar-refractivity contribution in [3.63, 3.8) is 0 Å². The third-order valence-electron chi connectivity index (χ3n) is 4.58. The molecule has 0 radical (unpaired) electrons. The zero-order valence-electron chi connectivity index (χ0n) is 11.8. The molecule has 2 saturated heterocycles. The van der Waals surface area contributed by atoms with Crippen LogP contribution in [0, 0.1) is 5.92 Å². The second kappa shape index (κ2) is 5.34. The molecule has 2 fully saturated rings. The molecule has 2 aromatic rings. The zero-order valence-corrected chi connectivity index (χ0v) is 12.6. The monoisotopic (exact) mass is 298 g/mol. The molecule has 2 bridgehead atoms. The molecule has 0 saturated carbocycles. The molecule has 2 unspecified atom stereocenters. The van der Waals surface area contributed by atoms with Crippen LogP contribution in [-0.2, 0) is 0 Å². The highest BCUT2D eigenvalue weighted by Gasteiger charge is 2.37. The SMILES string of the molecule is O=C(c1ccc(-n2cccn2)cc1)C1CC2CCC(C1)S2. The van der Waals surface area contributed by atoms with Crippen molar-refractivity contribution in [2.75, 3.05) is 0 Å². The van der Waals surface area contributed by atoms with Gasteiger partial charge >= 0.3 is 0 Å². The second-order valence-corrected chi connectivity index (χ2v) is 7.59. The predicted molar refractivity (Wildman–Crippen MR) is 85.0 cm³/mol. The van der Waals surface area contributed by atoms with Gasteiger partial charge in [0.05, 0.1) is 5.69 Å². The second-order valence-electron chi connectivity index (χ2n) is 5.99. The molecule has 21 heavy (non-hydrogen) atoms. The number of benzene rings is 1. The smallest absolute Gasteiger partial charge is 0.166 e. The summed E-state index contributed by atoms with van der Waals surface area (Å²) >= 11 is 2.11. The summed E-state index contributed by atoms with van der Waals surface area (Å²) in [5, 5.41) is 5.65. The number of hydrogen-bond acceptors (Lipinski definition) is 3. The molecule has 0 N–H and O–H groups in total. The van der Waals surface area contributed by atoms with E-state index >= 15 is 0 Å². The highest BCUT2D eigenvalue weighted by molar-refractivity contribution is 8.00. The van der Waals surface area contributed by atoms with Crippen molar-refractivity contribution in [3.05, 3.63) is 48.3 Å². The lowest BCUT2D eigenvalue weighted by molar-refractivity contribution is 0.0907. The molecule has 0 amide bonds. The summed E-state index contributed by atoms with van der Waals surface area (Å²) in [6.45, 7) is 0. The molecular formula is C17H18N2OS. The quantitative estimate of drug-likeness (QED) is 0.810. The molecule has 3 nitrogen and oxygen atoms in total. The van der Waals surface area contributed by atoms with Crippen LogP contribution in [0.15, 0.2) is 42.7 Å². The predicted octanol–water partition coefficient (Wildman–Crippen LogP) is 3.73. The maximum atomic E-state index is 12.7. The Kier molecular flexibility index (Phi) is 3.34. The Morgan fingerprint density at radius 1 is 1.14 bits per heavy atom. The molecule has 0 spiro atoms. The Morgan fingerprint density at radius 3 is 2.48 bits per heavy atom. The van der Waals surface area contributed by atoms with Gasteiger partial charge < -0.3 is 0 Å². The van der Waals surface area contributed by atoms with Gasteiger partial charge in [0, 0.05) is 34.4 Å². The molecular weight excluding hydrogens is 280 g/mol. The van der Waals surface area contributed by atoms with Crippen LogP contribution in [0.3, 0.4) is 0 Å². The van der Waals surface area contributed by atoms with Gasteiger partial charge in [-0.2, -0.15) is 16.9 Å². The van der Waals surface area contributed by atoms with Crippen molar-refractivity contribution in [1.82, 2.24) is 9.78 Å². The van der Waals surface area contributed by atoms with Crippen LogP contribution in [0.1, 0.15) is 36.0 Å². The van der Waals surface area contributed by atoms with Crippen LogP contribution in [0.2, 0.25) is 0 Å². The number of fused-ring (bicyclic) bond motifs is 2. The fourth-order valence-electron chi connectivity index (χ4n) is 3.51. The topological polar surface area (TPSA) is 34.9 Å². The first-order valence-electron chi connectivity index (χ1n) is 7.59. The number of thioether (sulfide) groups is 1. The van der Waals surface area contributed by atoms with E-state index in [1.807, 2.05) is 41.2 Å². The number of nitrogens with zero attached hydrogens (tertiary/aromatic N) is 2. The molecule has 2 atom stereocenters. The zero-order chi connectivity index (χ0) is 14.2. The van der Waals surface area contributed by atoms with Crippen molar-refractivity contribution in [3.8, 4) is 5.69 Å². The third kappa shape index (κ3) is 2.53. The standard InChI is InChI=1S/C17H18N2OS/c20-17(13-10-15-6-7-16(11-13)21-15)12-2-4-14(5-3-12)19-9-1-8-18-19/h1-5,8-9,13,15-16H,6-7,10-11H2. The van der Waals surface area contributed by atoms with Gasteiger partial charge in [0.1, 0.15) is 0 Å². The average Bonchev–Trinajstić information content (AvgIpc) is 3.17. The molecule has 1 aromatic heterocycles. The van der Waals surface area contributed by atoms with E-state index in [1.54, 1.807) is 6.20 Å². The minimum Gasteiger partial charge on any atom is -0.294 e. The summed E-state index contributed by atoms with van der Waals surface area (Å²) in [5.41, 5.74) is 1.85.